The van der Waals surface area contributed by atoms with Crippen LogP contribution >= 0.6 is 11.8 Å². The molecule has 3 atom stereocenters. The van der Waals surface area contributed by atoms with Gasteiger partial charge in [-0.1, -0.05) is 42.1 Å². The summed E-state index contributed by atoms with van der Waals surface area (Å²) >= 11 is 1.33. The molecule has 2 heterocycles. The topological polar surface area (TPSA) is 77.8 Å². The molecule has 0 aliphatic carbocycles. The van der Waals surface area contributed by atoms with Crippen molar-refractivity contribution in [3.63, 3.8) is 0 Å². The first kappa shape index (κ1) is 13.2. The highest BCUT2D eigenvalue weighted by atomic mass is 32.2. The molecule has 3 rings (SSSR count). The number of hydrogen-bond donors (Lipinski definition) is 2. The van der Waals surface area contributed by atoms with Crippen molar-refractivity contribution in [2.75, 3.05) is 0 Å². The lowest BCUT2D eigenvalue weighted by Crippen LogP contribution is -2.60. The summed E-state index contributed by atoms with van der Waals surface area (Å²) in [4.78, 5) is 25.4. The van der Waals surface area contributed by atoms with Gasteiger partial charge in [-0.05, 0) is 12.5 Å². The van der Waals surface area contributed by atoms with Gasteiger partial charge in [0, 0.05) is 4.91 Å². The number of nitrogens with zero attached hydrogens (tertiary/aromatic N) is 1. The van der Waals surface area contributed by atoms with Gasteiger partial charge in [-0.15, -0.1) is 0 Å². The van der Waals surface area contributed by atoms with E-state index < -0.39 is 18.0 Å². The van der Waals surface area contributed by atoms with E-state index in [-0.39, 0.29) is 17.0 Å². The van der Waals surface area contributed by atoms with Crippen LogP contribution in [0.15, 0.2) is 36.0 Å². The fraction of sp³-hybridized carbons (Fsp3) is 0.286. The van der Waals surface area contributed by atoms with E-state index in [0.717, 1.165) is 5.56 Å². The van der Waals surface area contributed by atoms with Crippen molar-refractivity contribution in [3.05, 3.63) is 41.6 Å². The van der Waals surface area contributed by atoms with E-state index in [9.17, 15) is 19.8 Å². The summed E-state index contributed by atoms with van der Waals surface area (Å²) < 4.78 is 0. The fourth-order valence-electron chi connectivity index (χ4n) is 2.57. The lowest BCUT2D eigenvalue weighted by atomic mass is 9.92. The number of aliphatic hydroxyl groups is 1. The summed E-state index contributed by atoms with van der Waals surface area (Å²) in [5.74, 6) is -1.97. The zero-order valence-electron chi connectivity index (χ0n) is 10.7. The molecule has 2 aliphatic rings. The Balaban J connectivity index is 2.03. The number of carboxylic acids is 1. The number of benzene rings is 1. The molecule has 20 heavy (non-hydrogen) atoms. The number of rotatable bonds is 3. The third kappa shape index (κ3) is 1.76. The molecule has 104 valence electrons. The number of carboxylic acid groups (broad SMARTS) is 1. The monoisotopic (exact) mass is 291 g/mol. The Labute approximate surface area is 119 Å². The summed E-state index contributed by atoms with van der Waals surface area (Å²) in [5.41, 5.74) is 0.801. The molecule has 6 heteroatoms. The number of carbonyl (C=O) groups is 2. The van der Waals surface area contributed by atoms with Crippen molar-refractivity contribution in [1.29, 1.82) is 0 Å². The molecule has 0 radical (unpaired) electrons. The Kier molecular flexibility index (Phi) is 3.07. The second-order valence-electron chi connectivity index (χ2n) is 4.83. The first-order valence-electron chi connectivity index (χ1n) is 6.23. The van der Waals surface area contributed by atoms with E-state index in [0.29, 0.717) is 4.91 Å². The molecule has 0 aromatic heterocycles. The van der Waals surface area contributed by atoms with Crippen molar-refractivity contribution in [2.45, 2.75) is 18.4 Å². The second-order valence-corrected chi connectivity index (χ2v) is 5.96. The average molecular weight is 291 g/mol. The van der Waals surface area contributed by atoms with Crippen LogP contribution < -0.4 is 0 Å². The van der Waals surface area contributed by atoms with Crippen LogP contribution in [-0.2, 0) is 9.59 Å². The van der Waals surface area contributed by atoms with Gasteiger partial charge in [0.05, 0.1) is 12.0 Å². The highest BCUT2D eigenvalue weighted by Crippen LogP contribution is 2.53. The second kappa shape index (κ2) is 4.64. The van der Waals surface area contributed by atoms with E-state index in [1.807, 2.05) is 30.3 Å². The van der Waals surface area contributed by atoms with E-state index in [1.54, 1.807) is 6.92 Å². The quantitative estimate of drug-likeness (QED) is 0.822. The van der Waals surface area contributed by atoms with Crippen LogP contribution in [0.3, 0.4) is 0 Å². The van der Waals surface area contributed by atoms with Gasteiger partial charge in [0.25, 0.3) is 0 Å². The summed E-state index contributed by atoms with van der Waals surface area (Å²) in [6.07, 6.45) is -0.776. The number of thioether (sulfide) groups is 1. The maximum Gasteiger partial charge on any atom is 0.353 e. The summed E-state index contributed by atoms with van der Waals surface area (Å²) in [7, 11) is 0. The summed E-state index contributed by atoms with van der Waals surface area (Å²) in [6, 6.07) is 9.14. The Hall–Kier alpha value is -1.79. The molecule has 0 spiro atoms. The molecule has 1 aromatic carbocycles. The summed E-state index contributed by atoms with van der Waals surface area (Å²) in [5, 5.41) is 18.7. The largest absolute Gasteiger partial charge is 0.477 e. The van der Waals surface area contributed by atoms with Gasteiger partial charge in [-0.25, -0.2) is 4.79 Å². The fourth-order valence-corrected chi connectivity index (χ4v) is 4.19. The SMILES string of the molecule is C[C@H](O)C1C(=O)N2C(C(=O)O)=C(c3ccccc3)SC12. The number of aliphatic carboxylic acids is 1. The Bertz CT molecular complexity index is 611. The van der Waals surface area contributed by atoms with Crippen LogP contribution in [0.1, 0.15) is 12.5 Å². The van der Waals surface area contributed by atoms with Gasteiger partial charge in [-0.3, -0.25) is 9.69 Å². The maximum absolute atomic E-state index is 12.0. The number of fused-ring (bicyclic) bond motifs is 1. The Morgan fingerprint density at radius 3 is 2.55 bits per heavy atom. The minimum Gasteiger partial charge on any atom is -0.477 e. The van der Waals surface area contributed by atoms with Crippen molar-refractivity contribution < 1.29 is 19.8 Å². The van der Waals surface area contributed by atoms with Crippen LogP contribution in [-0.4, -0.2) is 38.5 Å². The van der Waals surface area contributed by atoms with Crippen LogP contribution in [0.4, 0.5) is 0 Å². The third-order valence-corrected chi connectivity index (χ3v) is 4.95. The smallest absolute Gasteiger partial charge is 0.353 e. The lowest BCUT2D eigenvalue weighted by Gasteiger charge is -2.43. The predicted molar refractivity (Wildman–Crippen MR) is 74.4 cm³/mol. The summed E-state index contributed by atoms with van der Waals surface area (Å²) in [6.45, 7) is 1.56. The molecule has 0 saturated carbocycles. The lowest BCUT2D eigenvalue weighted by molar-refractivity contribution is -0.156. The first-order valence-corrected chi connectivity index (χ1v) is 7.11. The molecule has 1 fully saturated rings. The van der Waals surface area contributed by atoms with Crippen LogP contribution in [0.5, 0.6) is 0 Å². The standard InChI is InChI=1S/C14H13NO4S/c1-7(16)9-12(17)15-10(14(18)19)11(20-13(9)15)8-5-3-2-4-6-8/h2-7,9,13,16H,1H3,(H,18,19)/t7-,9?,13?/m0/s1. The van der Waals surface area contributed by atoms with Gasteiger partial charge in [-0.2, -0.15) is 0 Å². The molecule has 1 aromatic rings. The molecule has 2 aliphatic heterocycles. The highest BCUT2D eigenvalue weighted by molar-refractivity contribution is 8.09. The van der Waals surface area contributed by atoms with E-state index in [4.69, 9.17) is 0 Å². The first-order chi connectivity index (χ1) is 9.52. The van der Waals surface area contributed by atoms with E-state index in [2.05, 4.69) is 0 Å². The minimum absolute atomic E-state index is 0.0214. The number of carbonyl (C=O) groups excluding carboxylic acids is 1. The molecule has 0 bridgehead atoms. The van der Waals surface area contributed by atoms with Crippen molar-refractivity contribution in [1.82, 2.24) is 4.90 Å². The van der Waals surface area contributed by atoms with Crippen molar-refractivity contribution in [3.8, 4) is 0 Å². The molecule has 1 saturated heterocycles. The molecule has 5 nitrogen and oxygen atoms in total. The van der Waals surface area contributed by atoms with Gasteiger partial charge in [0.2, 0.25) is 5.91 Å². The van der Waals surface area contributed by atoms with Crippen molar-refractivity contribution in [2.24, 2.45) is 5.92 Å². The molecular weight excluding hydrogens is 278 g/mol. The molecule has 2 unspecified atom stereocenters. The van der Waals surface area contributed by atoms with E-state index >= 15 is 0 Å². The highest BCUT2D eigenvalue weighted by Gasteiger charge is 2.57. The molecular formula is C14H13NO4S. The van der Waals surface area contributed by atoms with Gasteiger partial charge in [0.15, 0.2) is 0 Å². The van der Waals surface area contributed by atoms with Crippen LogP contribution in [0.25, 0.3) is 4.91 Å². The molecule has 1 amide bonds. The third-order valence-electron chi connectivity index (χ3n) is 3.54. The van der Waals surface area contributed by atoms with Crippen LogP contribution in [0, 0.1) is 5.92 Å². The van der Waals surface area contributed by atoms with Crippen molar-refractivity contribution >= 4 is 28.5 Å². The Morgan fingerprint density at radius 1 is 1.35 bits per heavy atom. The minimum atomic E-state index is -1.11. The van der Waals surface area contributed by atoms with Gasteiger partial charge >= 0.3 is 5.97 Å². The van der Waals surface area contributed by atoms with E-state index in [1.165, 1.54) is 16.7 Å². The number of β-lactam (4-membered cyclic amide) rings is 1. The zero-order chi connectivity index (χ0) is 14.4. The van der Waals surface area contributed by atoms with Crippen LogP contribution in [0.2, 0.25) is 0 Å². The zero-order valence-corrected chi connectivity index (χ0v) is 11.5. The number of amides is 1. The van der Waals surface area contributed by atoms with Gasteiger partial charge < -0.3 is 10.2 Å². The number of aliphatic hydroxyl groups excluding tert-OH is 1. The average Bonchev–Trinajstić information content (AvgIpc) is 2.74. The maximum atomic E-state index is 12.0. The number of hydrogen-bond acceptors (Lipinski definition) is 4. The predicted octanol–water partition coefficient (Wildman–Crippen LogP) is 1.35. The normalized spacial score (nSPS) is 26.3. The van der Waals surface area contributed by atoms with Gasteiger partial charge in [0.1, 0.15) is 11.1 Å². The Morgan fingerprint density at radius 2 is 2.00 bits per heavy atom. The molecule has 2 N–H and O–H groups in total.